The van der Waals surface area contributed by atoms with Crippen molar-refractivity contribution in [1.82, 2.24) is 19.9 Å². The van der Waals surface area contributed by atoms with E-state index in [4.69, 9.17) is 11.6 Å². The van der Waals surface area contributed by atoms with Crippen molar-refractivity contribution >= 4 is 22.9 Å². The van der Waals surface area contributed by atoms with Crippen molar-refractivity contribution in [3.8, 4) is 0 Å². The molecule has 1 N–H and O–H groups in total. The molecule has 0 radical (unpaired) electrons. The van der Waals surface area contributed by atoms with Gasteiger partial charge in [-0.2, -0.15) is 0 Å². The molecule has 1 saturated heterocycles. The van der Waals surface area contributed by atoms with E-state index in [9.17, 15) is 0 Å². The number of aromatic amines is 1. The van der Waals surface area contributed by atoms with E-state index < -0.39 is 0 Å². The minimum atomic E-state index is 0.183. The fourth-order valence-corrected chi connectivity index (χ4v) is 3.68. The van der Waals surface area contributed by atoms with Crippen molar-refractivity contribution < 1.29 is 0 Å². The summed E-state index contributed by atoms with van der Waals surface area (Å²) in [6, 6.07) is 0. The Balaban J connectivity index is 1.62. The first kappa shape index (κ1) is 13.1. The molecular formula is C13H17ClN4S. The second kappa shape index (κ2) is 5.23. The molecule has 0 amide bonds. The maximum atomic E-state index is 6.00. The minimum absolute atomic E-state index is 0.183. The van der Waals surface area contributed by atoms with Gasteiger partial charge in [0.25, 0.3) is 0 Å². The Labute approximate surface area is 121 Å². The highest BCUT2D eigenvalue weighted by atomic mass is 35.5. The summed E-state index contributed by atoms with van der Waals surface area (Å²) in [4.78, 5) is 14.1. The maximum absolute atomic E-state index is 6.00. The van der Waals surface area contributed by atoms with Gasteiger partial charge in [0.2, 0.25) is 0 Å². The SMILES string of the molecule is CC1(c2ncc(Cl)s2)CCN(Cc2cnc[nH]2)CC1. The third-order valence-electron chi connectivity index (χ3n) is 3.90. The highest BCUT2D eigenvalue weighted by Crippen LogP contribution is 2.38. The average molecular weight is 297 g/mol. The molecule has 4 nitrogen and oxygen atoms in total. The van der Waals surface area contributed by atoms with Gasteiger partial charge >= 0.3 is 0 Å². The molecule has 1 aliphatic rings. The molecule has 0 aliphatic carbocycles. The van der Waals surface area contributed by atoms with E-state index in [0.717, 1.165) is 36.8 Å². The molecule has 102 valence electrons. The lowest BCUT2D eigenvalue weighted by Gasteiger charge is -2.37. The smallest absolute Gasteiger partial charge is 0.113 e. The molecule has 2 aromatic heterocycles. The van der Waals surface area contributed by atoms with E-state index in [1.165, 1.54) is 10.7 Å². The third kappa shape index (κ3) is 2.83. The summed E-state index contributed by atoms with van der Waals surface area (Å²) < 4.78 is 0.788. The quantitative estimate of drug-likeness (QED) is 0.947. The Morgan fingerprint density at radius 2 is 2.21 bits per heavy atom. The molecule has 3 heterocycles. The van der Waals surface area contributed by atoms with Crippen molar-refractivity contribution in [2.45, 2.75) is 31.7 Å². The Hall–Kier alpha value is -0.910. The van der Waals surface area contributed by atoms with Crippen LogP contribution < -0.4 is 0 Å². The van der Waals surface area contributed by atoms with Crippen molar-refractivity contribution in [3.63, 3.8) is 0 Å². The second-order valence-electron chi connectivity index (χ2n) is 5.38. The number of nitrogens with one attached hydrogen (secondary N) is 1. The van der Waals surface area contributed by atoms with Gasteiger partial charge in [-0.25, -0.2) is 9.97 Å². The molecule has 0 saturated carbocycles. The number of hydrogen-bond acceptors (Lipinski definition) is 4. The van der Waals surface area contributed by atoms with E-state index in [2.05, 4.69) is 26.8 Å². The molecule has 0 aromatic carbocycles. The number of aromatic nitrogens is 3. The number of hydrogen-bond donors (Lipinski definition) is 1. The molecule has 1 aliphatic heterocycles. The molecular weight excluding hydrogens is 280 g/mol. The van der Waals surface area contributed by atoms with Crippen LogP contribution in [0.3, 0.4) is 0 Å². The zero-order valence-electron chi connectivity index (χ0n) is 10.9. The lowest BCUT2D eigenvalue weighted by molar-refractivity contribution is 0.160. The van der Waals surface area contributed by atoms with E-state index in [0.29, 0.717) is 0 Å². The van der Waals surface area contributed by atoms with Gasteiger partial charge in [0.15, 0.2) is 0 Å². The molecule has 19 heavy (non-hydrogen) atoms. The number of halogens is 1. The van der Waals surface area contributed by atoms with Crippen LogP contribution in [0.1, 0.15) is 30.5 Å². The summed E-state index contributed by atoms with van der Waals surface area (Å²) in [5.41, 5.74) is 1.36. The van der Waals surface area contributed by atoms with Crippen LogP contribution >= 0.6 is 22.9 Å². The summed E-state index contributed by atoms with van der Waals surface area (Å²) in [7, 11) is 0. The zero-order chi connectivity index (χ0) is 13.3. The summed E-state index contributed by atoms with van der Waals surface area (Å²) in [6.07, 6.45) is 7.66. The number of rotatable bonds is 3. The second-order valence-corrected chi connectivity index (χ2v) is 7.05. The molecule has 3 rings (SSSR count). The first-order chi connectivity index (χ1) is 9.16. The van der Waals surface area contributed by atoms with E-state index in [1.54, 1.807) is 23.9 Å². The predicted molar refractivity (Wildman–Crippen MR) is 77.6 cm³/mol. The van der Waals surface area contributed by atoms with Gasteiger partial charge in [0.05, 0.1) is 17.5 Å². The standard InChI is InChI=1S/C13H17ClN4S/c1-13(12-16-7-11(14)19-12)2-4-18(5-3-13)8-10-6-15-9-17-10/h6-7,9H,2-5,8H2,1H3,(H,15,17). The Bertz CT molecular complexity index is 529. The molecule has 0 bridgehead atoms. The Kier molecular flexibility index (Phi) is 3.60. The molecule has 6 heteroatoms. The normalized spacial score (nSPS) is 19.7. The third-order valence-corrected chi connectivity index (χ3v) is 5.32. The first-order valence-corrected chi connectivity index (χ1v) is 7.67. The van der Waals surface area contributed by atoms with Crippen LogP contribution in [0.15, 0.2) is 18.7 Å². The number of imidazole rings is 1. The Morgan fingerprint density at radius 1 is 1.42 bits per heavy atom. The monoisotopic (exact) mass is 296 g/mol. The molecule has 1 fully saturated rings. The van der Waals surface area contributed by atoms with Crippen molar-refractivity contribution in [2.24, 2.45) is 0 Å². The van der Waals surface area contributed by atoms with Crippen LogP contribution in [-0.2, 0) is 12.0 Å². The summed E-state index contributed by atoms with van der Waals surface area (Å²) >= 11 is 7.62. The van der Waals surface area contributed by atoms with Crippen molar-refractivity contribution in [1.29, 1.82) is 0 Å². The van der Waals surface area contributed by atoms with E-state index in [-0.39, 0.29) is 5.41 Å². The van der Waals surface area contributed by atoms with E-state index >= 15 is 0 Å². The average Bonchev–Trinajstić information content (AvgIpc) is 3.04. The minimum Gasteiger partial charge on any atom is -0.347 e. The van der Waals surface area contributed by atoms with Crippen LogP contribution in [0.5, 0.6) is 0 Å². The highest BCUT2D eigenvalue weighted by molar-refractivity contribution is 7.15. The van der Waals surface area contributed by atoms with Crippen LogP contribution in [0.2, 0.25) is 4.34 Å². The molecule has 0 atom stereocenters. The summed E-state index contributed by atoms with van der Waals surface area (Å²) in [6.45, 7) is 5.43. The highest BCUT2D eigenvalue weighted by Gasteiger charge is 2.34. The first-order valence-electron chi connectivity index (χ1n) is 6.47. The van der Waals surface area contributed by atoms with Gasteiger partial charge < -0.3 is 4.98 Å². The number of likely N-dealkylation sites (tertiary alicyclic amines) is 1. The van der Waals surface area contributed by atoms with Gasteiger partial charge in [-0.3, -0.25) is 4.90 Å². The van der Waals surface area contributed by atoms with Crippen LogP contribution in [0.4, 0.5) is 0 Å². The van der Waals surface area contributed by atoms with Crippen molar-refractivity contribution in [3.05, 3.63) is 33.8 Å². The lowest BCUT2D eigenvalue weighted by Crippen LogP contribution is -2.40. The van der Waals surface area contributed by atoms with Gasteiger partial charge in [0.1, 0.15) is 4.34 Å². The largest absolute Gasteiger partial charge is 0.347 e. The van der Waals surface area contributed by atoms with Gasteiger partial charge in [-0.15, -0.1) is 11.3 Å². The fraction of sp³-hybridized carbons (Fsp3) is 0.538. The van der Waals surface area contributed by atoms with Crippen molar-refractivity contribution in [2.75, 3.05) is 13.1 Å². The van der Waals surface area contributed by atoms with Gasteiger partial charge in [0, 0.05) is 23.9 Å². The number of thiazole rings is 1. The molecule has 0 spiro atoms. The van der Waals surface area contributed by atoms with E-state index in [1.807, 2.05) is 6.20 Å². The van der Waals surface area contributed by atoms with Gasteiger partial charge in [-0.1, -0.05) is 18.5 Å². The lowest BCUT2D eigenvalue weighted by atomic mass is 9.81. The van der Waals surface area contributed by atoms with Crippen LogP contribution in [-0.4, -0.2) is 32.9 Å². The molecule has 2 aromatic rings. The van der Waals surface area contributed by atoms with Crippen LogP contribution in [0, 0.1) is 0 Å². The summed E-state index contributed by atoms with van der Waals surface area (Å²) in [5, 5.41) is 1.18. The predicted octanol–water partition coefficient (Wildman–Crippen LogP) is 3.07. The number of H-pyrrole nitrogens is 1. The van der Waals surface area contributed by atoms with Gasteiger partial charge in [-0.05, 0) is 25.9 Å². The fourth-order valence-electron chi connectivity index (χ4n) is 2.56. The maximum Gasteiger partial charge on any atom is 0.113 e. The van der Waals surface area contributed by atoms with Crippen LogP contribution in [0.25, 0.3) is 0 Å². The summed E-state index contributed by atoms with van der Waals surface area (Å²) in [5.74, 6) is 0. The zero-order valence-corrected chi connectivity index (χ0v) is 12.5. The number of piperidine rings is 1. The Morgan fingerprint density at radius 3 is 2.79 bits per heavy atom. The number of nitrogens with zero attached hydrogens (tertiary/aromatic N) is 3. The molecule has 0 unspecified atom stereocenters. The topological polar surface area (TPSA) is 44.8 Å².